The number of nitrogens with zero attached hydrogens (tertiary/aromatic N) is 2. The van der Waals surface area contributed by atoms with Gasteiger partial charge in [-0.25, -0.2) is 0 Å². The van der Waals surface area contributed by atoms with E-state index < -0.39 is 0 Å². The van der Waals surface area contributed by atoms with Gasteiger partial charge in [0.05, 0.1) is 6.04 Å². The van der Waals surface area contributed by atoms with Gasteiger partial charge in [-0.1, -0.05) is 13.3 Å². The lowest BCUT2D eigenvalue weighted by atomic mass is 10.0. The molecule has 0 bridgehead atoms. The molecule has 0 aromatic carbocycles. The van der Waals surface area contributed by atoms with Gasteiger partial charge in [-0.15, -0.1) is 0 Å². The zero-order valence-electron chi connectivity index (χ0n) is 11.5. The van der Waals surface area contributed by atoms with Gasteiger partial charge in [-0.3, -0.25) is 4.79 Å². The van der Waals surface area contributed by atoms with Gasteiger partial charge in [-0.2, -0.15) is 0 Å². The van der Waals surface area contributed by atoms with E-state index in [-0.39, 0.29) is 6.04 Å². The molecular weight excluding hydrogens is 214 g/mol. The first-order valence-corrected chi connectivity index (χ1v) is 6.82. The van der Waals surface area contributed by atoms with Crippen molar-refractivity contribution >= 4 is 5.91 Å². The van der Waals surface area contributed by atoms with E-state index in [1.807, 2.05) is 19.0 Å². The second-order valence-electron chi connectivity index (χ2n) is 5.13. The molecule has 1 heterocycles. The Hall–Kier alpha value is -0.610. The summed E-state index contributed by atoms with van der Waals surface area (Å²) in [7, 11) is 4.10. The molecule has 0 saturated carbocycles. The molecule has 1 atom stereocenters. The zero-order valence-corrected chi connectivity index (χ0v) is 11.5. The van der Waals surface area contributed by atoms with Gasteiger partial charge in [0.15, 0.2) is 0 Å². The molecule has 1 aliphatic rings. The molecule has 1 rings (SSSR count). The van der Waals surface area contributed by atoms with E-state index in [4.69, 9.17) is 0 Å². The van der Waals surface area contributed by atoms with Crippen molar-refractivity contribution < 1.29 is 4.79 Å². The van der Waals surface area contributed by atoms with Crippen LogP contribution < -0.4 is 5.32 Å². The van der Waals surface area contributed by atoms with Gasteiger partial charge in [0.2, 0.25) is 5.91 Å². The van der Waals surface area contributed by atoms with E-state index in [1.54, 1.807) is 0 Å². The van der Waals surface area contributed by atoms with Gasteiger partial charge in [-0.05, 0) is 39.9 Å². The molecule has 1 amide bonds. The molecule has 1 N–H and O–H groups in total. The smallest absolute Gasteiger partial charge is 0.239 e. The van der Waals surface area contributed by atoms with Crippen LogP contribution in [-0.2, 0) is 4.79 Å². The highest BCUT2D eigenvalue weighted by Crippen LogP contribution is 2.10. The predicted molar refractivity (Wildman–Crippen MR) is 71.1 cm³/mol. The van der Waals surface area contributed by atoms with Crippen molar-refractivity contribution in [3.05, 3.63) is 0 Å². The molecule has 17 heavy (non-hydrogen) atoms. The second kappa shape index (κ2) is 7.67. The van der Waals surface area contributed by atoms with E-state index in [0.717, 1.165) is 39.0 Å². The quantitative estimate of drug-likeness (QED) is 0.751. The van der Waals surface area contributed by atoms with Crippen LogP contribution in [0.5, 0.6) is 0 Å². The lowest BCUT2D eigenvalue weighted by Gasteiger charge is -2.30. The Morgan fingerprint density at radius 3 is 2.53 bits per heavy atom. The summed E-state index contributed by atoms with van der Waals surface area (Å²) in [6.45, 7) is 5.79. The van der Waals surface area contributed by atoms with Crippen LogP contribution in [0.25, 0.3) is 0 Å². The number of rotatable bonds is 6. The van der Waals surface area contributed by atoms with Crippen molar-refractivity contribution in [3.8, 4) is 0 Å². The molecule has 0 aromatic heterocycles. The normalized spacial score (nSPS) is 20.6. The van der Waals surface area contributed by atoms with Gasteiger partial charge in [0.25, 0.3) is 0 Å². The van der Waals surface area contributed by atoms with Crippen LogP contribution in [0.4, 0.5) is 0 Å². The summed E-state index contributed by atoms with van der Waals surface area (Å²) in [4.78, 5) is 16.5. The summed E-state index contributed by atoms with van der Waals surface area (Å²) in [5, 5.41) is 3.34. The summed E-state index contributed by atoms with van der Waals surface area (Å²) in [6, 6.07) is 0.0671. The Morgan fingerprint density at radius 2 is 2.00 bits per heavy atom. The van der Waals surface area contributed by atoms with Crippen LogP contribution in [0, 0.1) is 0 Å². The van der Waals surface area contributed by atoms with Crippen LogP contribution in [0.15, 0.2) is 0 Å². The van der Waals surface area contributed by atoms with Crippen molar-refractivity contribution in [1.29, 1.82) is 0 Å². The van der Waals surface area contributed by atoms with E-state index >= 15 is 0 Å². The second-order valence-corrected chi connectivity index (χ2v) is 5.13. The molecule has 0 spiro atoms. The Morgan fingerprint density at radius 1 is 1.24 bits per heavy atom. The van der Waals surface area contributed by atoms with Crippen LogP contribution in [0.2, 0.25) is 0 Å². The Labute approximate surface area is 105 Å². The Balaban J connectivity index is 2.46. The fourth-order valence-corrected chi connectivity index (χ4v) is 2.21. The van der Waals surface area contributed by atoms with Crippen LogP contribution in [0.1, 0.15) is 32.6 Å². The van der Waals surface area contributed by atoms with E-state index in [0.29, 0.717) is 5.91 Å². The minimum absolute atomic E-state index is 0.0671. The molecule has 4 heteroatoms. The first kappa shape index (κ1) is 14.5. The highest BCUT2D eigenvalue weighted by Gasteiger charge is 2.24. The monoisotopic (exact) mass is 241 g/mol. The number of piperidine rings is 1. The number of nitrogens with one attached hydrogen (secondary N) is 1. The Bertz CT molecular complexity index is 225. The largest absolute Gasteiger partial charge is 0.340 e. The fourth-order valence-electron chi connectivity index (χ4n) is 2.21. The molecule has 0 radical (unpaired) electrons. The van der Waals surface area contributed by atoms with Crippen molar-refractivity contribution in [2.75, 3.05) is 40.3 Å². The average Bonchev–Trinajstić information content (AvgIpc) is 2.34. The Kier molecular flexibility index (Phi) is 6.52. The number of hydrogen-bond acceptors (Lipinski definition) is 3. The molecular formula is C13H27N3O. The number of carbonyl (C=O) groups is 1. The molecule has 0 unspecified atom stereocenters. The van der Waals surface area contributed by atoms with E-state index in [2.05, 4.69) is 17.1 Å². The molecule has 1 aliphatic heterocycles. The summed E-state index contributed by atoms with van der Waals surface area (Å²) in [5.41, 5.74) is 0. The number of carbonyl (C=O) groups excluding carboxylic acids is 1. The zero-order chi connectivity index (χ0) is 12.7. The van der Waals surface area contributed by atoms with Crippen molar-refractivity contribution in [2.24, 2.45) is 0 Å². The van der Waals surface area contributed by atoms with Crippen LogP contribution in [-0.4, -0.2) is 62.0 Å². The number of likely N-dealkylation sites (N-methyl/N-ethyl adjacent to an activating group) is 1. The van der Waals surface area contributed by atoms with Crippen molar-refractivity contribution in [3.63, 3.8) is 0 Å². The van der Waals surface area contributed by atoms with E-state index in [1.165, 1.54) is 12.8 Å². The van der Waals surface area contributed by atoms with Gasteiger partial charge >= 0.3 is 0 Å². The minimum Gasteiger partial charge on any atom is -0.340 e. The molecule has 1 fully saturated rings. The highest BCUT2D eigenvalue weighted by molar-refractivity contribution is 5.82. The fraction of sp³-hybridized carbons (Fsp3) is 0.923. The lowest BCUT2D eigenvalue weighted by molar-refractivity contribution is -0.134. The standard InChI is InChI=1S/C13H27N3O/c1-4-9-16(11-10-15(2)3)13(17)12-7-5-6-8-14-12/h12,14H,4-11H2,1-3H3/t12-/m1/s1. The van der Waals surface area contributed by atoms with Gasteiger partial charge in [0.1, 0.15) is 0 Å². The first-order valence-electron chi connectivity index (χ1n) is 6.82. The number of amides is 1. The van der Waals surface area contributed by atoms with E-state index in [9.17, 15) is 4.79 Å². The SMILES string of the molecule is CCCN(CCN(C)C)C(=O)[C@H]1CCCCN1. The molecule has 1 saturated heterocycles. The van der Waals surface area contributed by atoms with Crippen molar-refractivity contribution in [1.82, 2.24) is 15.1 Å². The maximum Gasteiger partial charge on any atom is 0.239 e. The highest BCUT2D eigenvalue weighted by atomic mass is 16.2. The van der Waals surface area contributed by atoms with Gasteiger partial charge < -0.3 is 15.1 Å². The summed E-state index contributed by atoms with van der Waals surface area (Å²) in [6.07, 6.45) is 4.42. The molecule has 0 aromatic rings. The summed E-state index contributed by atoms with van der Waals surface area (Å²) in [5.74, 6) is 0.299. The maximum absolute atomic E-state index is 12.3. The average molecular weight is 241 g/mol. The molecule has 100 valence electrons. The minimum atomic E-state index is 0.0671. The third-order valence-electron chi connectivity index (χ3n) is 3.23. The van der Waals surface area contributed by atoms with Crippen LogP contribution in [0.3, 0.4) is 0 Å². The predicted octanol–water partition coefficient (Wildman–Crippen LogP) is 0.929. The third-order valence-corrected chi connectivity index (χ3v) is 3.23. The molecule has 0 aliphatic carbocycles. The van der Waals surface area contributed by atoms with Crippen LogP contribution >= 0.6 is 0 Å². The topological polar surface area (TPSA) is 35.6 Å². The first-order chi connectivity index (χ1) is 8.15. The van der Waals surface area contributed by atoms with Crippen molar-refractivity contribution in [2.45, 2.75) is 38.6 Å². The lowest BCUT2D eigenvalue weighted by Crippen LogP contribution is -2.50. The summed E-state index contributed by atoms with van der Waals surface area (Å²) >= 11 is 0. The third kappa shape index (κ3) is 5.04. The maximum atomic E-state index is 12.3. The molecule has 4 nitrogen and oxygen atoms in total. The van der Waals surface area contributed by atoms with Gasteiger partial charge in [0, 0.05) is 19.6 Å². The summed E-state index contributed by atoms with van der Waals surface area (Å²) < 4.78 is 0. The number of hydrogen-bond donors (Lipinski definition) is 1.